The third kappa shape index (κ3) is 4.34. The zero-order valence-electron chi connectivity index (χ0n) is 11.9. The van der Waals surface area contributed by atoms with Gasteiger partial charge in [-0.3, -0.25) is 4.90 Å². The first-order valence-corrected chi connectivity index (χ1v) is 6.83. The van der Waals surface area contributed by atoms with Crippen LogP contribution in [0.15, 0.2) is 34.9 Å². The zero-order chi connectivity index (χ0) is 14.8. The molecule has 0 atom stereocenters. The second-order valence-corrected chi connectivity index (χ2v) is 6.05. The number of likely N-dealkylation sites (N-methyl/N-ethyl adjacent to an activating group) is 1. The summed E-state index contributed by atoms with van der Waals surface area (Å²) in [5.41, 5.74) is 0.207. The smallest absolute Gasteiger partial charge is 0.209 e. The Morgan fingerprint density at radius 1 is 1.30 bits per heavy atom. The van der Waals surface area contributed by atoms with Crippen LogP contribution < -0.4 is 0 Å². The van der Waals surface area contributed by atoms with Crippen LogP contribution in [0.4, 0.5) is 0 Å². The topological polar surface area (TPSA) is 49.5 Å². The summed E-state index contributed by atoms with van der Waals surface area (Å²) >= 11 is 5.86. The number of aliphatic hydroxyl groups is 1. The van der Waals surface area contributed by atoms with Gasteiger partial charge in [0.25, 0.3) is 0 Å². The highest BCUT2D eigenvalue weighted by Gasteiger charge is 2.17. The summed E-state index contributed by atoms with van der Waals surface area (Å²) in [6, 6.07) is 7.43. The van der Waals surface area contributed by atoms with Crippen LogP contribution in [-0.2, 0) is 6.54 Å². The number of aromatic nitrogens is 1. The Kier molecular flexibility index (Phi) is 4.48. The summed E-state index contributed by atoms with van der Waals surface area (Å²) in [6.07, 6.45) is 1.70. The third-order valence-corrected chi connectivity index (χ3v) is 3.00. The number of rotatable bonds is 5. The normalized spacial score (nSPS) is 12.1. The summed E-state index contributed by atoms with van der Waals surface area (Å²) < 4.78 is 5.72. The molecule has 2 aromatic rings. The summed E-state index contributed by atoms with van der Waals surface area (Å²) in [5, 5.41) is 10.5. The van der Waals surface area contributed by atoms with Crippen LogP contribution in [0, 0.1) is 0 Å². The number of hydrogen-bond acceptors (Lipinski definition) is 4. The molecule has 0 saturated carbocycles. The van der Waals surface area contributed by atoms with Crippen molar-refractivity contribution in [3.8, 4) is 11.3 Å². The molecule has 0 fully saturated rings. The second kappa shape index (κ2) is 5.95. The largest absolute Gasteiger partial charge is 0.439 e. The van der Waals surface area contributed by atoms with E-state index in [4.69, 9.17) is 16.0 Å². The Hall–Kier alpha value is -1.36. The lowest BCUT2D eigenvalue weighted by molar-refractivity contribution is 0.0403. The molecule has 0 spiro atoms. The highest BCUT2D eigenvalue weighted by Crippen LogP contribution is 2.22. The molecule has 1 N–H and O–H groups in total. The van der Waals surface area contributed by atoms with Gasteiger partial charge in [-0.2, -0.15) is 0 Å². The summed E-state index contributed by atoms with van der Waals surface area (Å²) in [7, 11) is 1.92. The number of halogens is 1. The molecular weight excluding hydrogens is 276 g/mol. The quantitative estimate of drug-likeness (QED) is 0.920. The molecule has 0 unspecified atom stereocenters. The number of hydrogen-bond donors (Lipinski definition) is 1. The molecule has 108 valence electrons. The monoisotopic (exact) mass is 294 g/mol. The van der Waals surface area contributed by atoms with E-state index in [9.17, 15) is 5.11 Å². The van der Waals surface area contributed by atoms with Crippen LogP contribution in [0.5, 0.6) is 0 Å². The Balaban J connectivity index is 2.04. The van der Waals surface area contributed by atoms with Gasteiger partial charge in [-0.25, -0.2) is 4.98 Å². The Morgan fingerprint density at radius 2 is 1.95 bits per heavy atom. The zero-order valence-corrected chi connectivity index (χ0v) is 12.7. The van der Waals surface area contributed by atoms with Crippen molar-refractivity contribution in [3.63, 3.8) is 0 Å². The molecule has 0 aliphatic carbocycles. The molecule has 1 heterocycles. The van der Waals surface area contributed by atoms with Crippen LogP contribution in [-0.4, -0.2) is 34.2 Å². The first kappa shape index (κ1) is 15.0. The molecule has 0 saturated heterocycles. The van der Waals surface area contributed by atoms with Gasteiger partial charge in [0.05, 0.1) is 18.3 Å². The Morgan fingerprint density at radius 3 is 2.55 bits per heavy atom. The van der Waals surface area contributed by atoms with Gasteiger partial charge in [0.15, 0.2) is 5.76 Å². The SMILES string of the molecule is CN(Cc1ncc(-c2ccc(Cl)cc2)o1)CC(C)(C)O. The lowest BCUT2D eigenvalue weighted by Gasteiger charge is -2.24. The maximum Gasteiger partial charge on any atom is 0.209 e. The van der Waals surface area contributed by atoms with Crippen molar-refractivity contribution in [2.75, 3.05) is 13.6 Å². The Bertz CT molecular complexity index is 558. The maximum absolute atomic E-state index is 9.77. The predicted octanol–water partition coefficient (Wildman–Crippen LogP) is 3.20. The highest BCUT2D eigenvalue weighted by molar-refractivity contribution is 6.30. The second-order valence-electron chi connectivity index (χ2n) is 5.61. The van der Waals surface area contributed by atoms with E-state index in [1.165, 1.54) is 0 Å². The number of benzene rings is 1. The molecule has 20 heavy (non-hydrogen) atoms. The van der Waals surface area contributed by atoms with Crippen molar-refractivity contribution in [2.24, 2.45) is 0 Å². The van der Waals surface area contributed by atoms with Gasteiger partial charge >= 0.3 is 0 Å². The van der Waals surface area contributed by atoms with Crippen molar-refractivity contribution in [1.29, 1.82) is 0 Å². The number of nitrogens with zero attached hydrogens (tertiary/aromatic N) is 2. The van der Waals surface area contributed by atoms with Crippen molar-refractivity contribution in [2.45, 2.75) is 26.0 Å². The third-order valence-electron chi connectivity index (χ3n) is 2.74. The fourth-order valence-corrected chi connectivity index (χ4v) is 2.20. The van der Waals surface area contributed by atoms with Crippen LogP contribution in [0.2, 0.25) is 5.02 Å². The highest BCUT2D eigenvalue weighted by atomic mass is 35.5. The van der Waals surface area contributed by atoms with Crippen molar-refractivity contribution in [3.05, 3.63) is 41.4 Å². The summed E-state index contributed by atoms with van der Waals surface area (Å²) in [6.45, 7) is 4.65. The van der Waals surface area contributed by atoms with E-state index in [0.29, 0.717) is 29.8 Å². The first-order valence-electron chi connectivity index (χ1n) is 6.45. The van der Waals surface area contributed by atoms with Crippen molar-refractivity contribution >= 4 is 11.6 Å². The fraction of sp³-hybridized carbons (Fsp3) is 0.400. The average molecular weight is 295 g/mol. The average Bonchev–Trinajstić information content (AvgIpc) is 2.75. The van der Waals surface area contributed by atoms with Crippen molar-refractivity contribution < 1.29 is 9.52 Å². The van der Waals surface area contributed by atoms with E-state index in [0.717, 1.165) is 5.56 Å². The predicted molar refractivity (Wildman–Crippen MR) is 79.6 cm³/mol. The molecule has 0 bridgehead atoms. The lowest BCUT2D eigenvalue weighted by atomic mass is 10.1. The van der Waals surface area contributed by atoms with Gasteiger partial charge in [0.1, 0.15) is 0 Å². The van der Waals surface area contributed by atoms with E-state index in [2.05, 4.69) is 4.98 Å². The van der Waals surface area contributed by atoms with Gasteiger partial charge in [-0.05, 0) is 45.2 Å². The minimum Gasteiger partial charge on any atom is -0.439 e. The standard InChI is InChI=1S/C15H19ClN2O2/c1-15(2,19)10-18(3)9-14-17-8-13(20-14)11-4-6-12(16)7-5-11/h4-8,19H,9-10H2,1-3H3. The van der Waals surface area contributed by atoms with Crippen LogP contribution in [0.3, 0.4) is 0 Å². The molecule has 5 heteroatoms. The van der Waals surface area contributed by atoms with E-state index in [1.807, 2.05) is 36.2 Å². The number of oxazole rings is 1. The Labute approximate surface area is 124 Å². The van der Waals surface area contributed by atoms with E-state index in [-0.39, 0.29) is 0 Å². The molecule has 1 aromatic heterocycles. The molecule has 2 rings (SSSR count). The van der Waals surface area contributed by atoms with Crippen LogP contribution in [0.1, 0.15) is 19.7 Å². The summed E-state index contributed by atoms with van der Waals surface area (Å²) in [5.74, 6) is 1.34. The molecule has 0 radical (unpaired) electrons. The van der Waals surface area contributed by atoms with Gasteiger partial charge in [-0.1, -0.05) is 11.6 Å². The van der Waals surface area contributed by atoms with Gasteiger partial charge < -0.3 is 9.52 Å². The van der Waals surface area contributed by atoms with E-state index < -0.39 is 5.60 Å². The maximum atomic E-state index is 9.77. The first-order chi connectivity index (χ1) is 9.33. The van der Waals surface area contributed by atoms with Gasteiger partial charge in [0, 0.05) is 17.1 Å². The molecule has 0 aliphatic heterocycles. The molecule has 0 aliphatic rings. The summed E-state index contributed by atoms with van der Waals surface area (Å²) in [4.78, 5) is 6.23. The molecule has 1 aromatic carbocycles. The minimum absolute atomic E-state index is 0.547. The van der Waals surface area contributed by atoms with E-state index >= 15 is 0 Å². The lowest BCUT2D eigenvalue weighted by Crippen LogP contribution is -2.35. The van der Waals surface area contributed by atoms with Crippen LogP contribution in [0.25, 0.3) is 11.3 Å². The minimum atomic E-state index is -0.736. The van der Waals surface area contributed by atoms with E-state index in [1.54, 1.807) is 20.0 Å². The van der Waals surface area contributed by atoms with Gasteiger partial charge in [0.2, 0.25) is 5.89 Å². The fourth-order valence-electron chi connectivity index (χ4n) is 2.08. The van der Waals surface area contributed by atoms with Crippen molar-refractivity contribution in [1.82, 2.24) is 9.88 Å². The molecule has 0 amide bonds. The molecular formula is C15H19ClN2O2. The van der Waals surface area contributed by atoms with Gasteiger partial charge in [-0.15, -0.1) is 0 Å². The molecule has 4 nitrogen and oxygen atoms in total. The van der Waals surface area contributed by atoms with Crippen LogP contribution >= 0.6 is 11.6 Å².